The molecule has 1 heterocycles. The van der Waals surface area contributed by atoms with Crippen LogP contribution in [0.3, 0.4) is 0 Å². The van der Waals surface area contributed by atoms with Gasteiger partial charge in [-0.25, -0.2) is 4.68 Å². The fraction of sp³-hybridized carbons (Fsp3) is 0.333. The second-order valence-corrected chi connectivity index (χ2v) is 4.54. The van der Waals surface area contributed by atoms with Gasteiger partial charge in [0.25, 0.3) is 0 Å². The maximum absolute atomic E-state index is 12.0. The molecular formula is C12H14ClN5O3. The average Bonchev–Trinajstić information content (AvgIpc) is 2.85. The SMILES string of the molecule is COc1cc(NC(=O)Cc2nnnn2C)c(OC)cc1Cl. The normalized spacial score (nSPS) is 10.3. The molecule has 112 valence electrons. The van der Waals surface area contributed by atoms with E-state index in [1.807, 2.05) is 0 Å². The van der Waals surface area contributed by atoms with Crippen molar-refractivity contribution in [3.8, 4) is 11.5 Å². The molecule has 8 nitrogen and oxygen atoms in total. The van der Waals surface area contributed by atoms with Crippen LogP contribution >= 0.6 is 11.6 Å². The van der Waals surface area contributed by atoms with E-state index in [0.29, 0.717) is 28.0 Å². The highest BCUT2D eigenvalue weighted by atomic mass is 35.5. The molecule has 1 aromatic heterocycles. The van der Waals surface area contributed by atoms with Gasteiger partial charge >= 0.3 is 0 Å². The zero-order valence-corrected chi connectivity index (χ0v) is 12.5. The molecule has 21 heavy (non-hydrogen) atoms. The summed E-state index contributed by atoms with van der Waals surface area (Å²) >= 11 is 6.01. The van der Waals surface area contributed by atoms with Crippen LogP contribution < -0.4 is 14.8 Å². The minimum atomic E-state index is -0.282. The van der Waals surface area contributed by atoms with Crippen LogP contribution in [0.2, 0.25) is 5.02 Å². The highest BCUT2D eigenvalue weighted by Crippen LogP contribution is 2.35. The van der Waals surface area contributed by atoms with Gasteiger partial charge in [-0.1, -0.05) is 11.6 Å². The Morgan fingerprint density at radius 3 is 2.62 bits per heavy atom. The Balaban J connectivity index is 2.18. The second-order valence-electron chi connectivity index (χ2n) is 4.13. The first kappa shape index (κ1) is 15.0. The van der Waals surface area contributed by atoms with Gasteiger partial charge in [0.15, 0.2) is 5.82 Å². The number of aromatic nitrogens is 4. The number of ether oxygens (including phenoxy) is 2. The lowest BCUT2D eigenvalue weighted by molar-refractivity contribution is -0.115. The number of nitrogens with one attached hydrogen (secondary N) is 1. The van der Waals surface area contributed by atoms with Gasteiger partial charge in [-0.05, 0) is 10.4 Å². The fourth-order valence-electron chi connectivity index (χ4n) is 1.69. The third-order valence-corrected chi connectivity index (χ3v) is 3.07. The number of hydrogen-bond donors (Lipinski definition) is 1. The Bertz CT molecular complexity index is 658. The van der Waals surface area contributed by atoms with Gasteiger partial charge in [0.1, 0.15) is 11.5 Å². The van der Waals surface area contributed by atoms with E-state index < -0.39 is 0 Å². The van der Waals surface area contributed by atoms with E-state index in [0.717, 1.165) is 0 Å². The summed E-state index contributed by atoms with van der Waals surface area (Å²) in [5.41, 5.74) is 0.457. The van der Waals surface area contributed by atoms with E-state index in [9.17, 15) is 4.79 Å². The topological polar surface area (TPSA) is 91.2 Å². The zero-order chi connectivity index (χ0) is 15.4. The van der Waals surface area contributed by atoms with Crippen molar-refractivity contribution in [2.24, 2.45) is 7.05 Å². The Kier molecular flexibility index (Phi) is 4.59. The number of methoxy groups -OCH3 is 2. The third-order valence-electron chi connectivity index (χ3n) is 2.77. The second kappa shape index (κ2) is 6.40. The summed E-state index contributed by atoms with van der Waals surface area (Å²) in [6, 6.07) is 3.16. The number of benzene rings is 1. The molecule has 0 radical (unpaired) electrons. The van der Waals surface area contributed by atoms with Crippen LogP contribution in [0.4, 0.5) is 5.69 Å². The molecule has 0 saturated heterocycles. The Hall–Kier alpha value is -2.35. The van der Waals surface area contributed by atoms with Crippen molar-refractivity contribution in [3.63, 3.8) is 0 Å². The van der Waals surface area contributed by atoms with E-state index in [1.54, 1.807) is 19.2 Å². The van der Waals surface area contributed by atoms with Crippen molar-refractivity contribution >= 4 is 23.2 Å². The minimum Gasteiger partial charge on any atom is -0.495 e. The molecule has 0 bridgehead atoms. The molecule has 1 amide bonds. The van der Waals surface area contributed by atoms with Crippen LogP contribution in [0.25, 0.3) is 0 Å². The summed E-state index contributed by atoms with van der Waals surface area (Å²) in [6.07, 6.45) is 0.0393. The number of amides is 1. The number of nitrogens with zero attached hydrogens (tertiary/aromatic N) is 4. The first-order valence-electron chi connectivity index (χ1n) is 5.97. The molecule has 1 aromatic carbocycles. The standard InChI is InChI=1S/C12H14ClN5O3/c1-18-11(15-16-17-18)6-12(19)14-8-5-9(20-2)7(13)4-10(8)21-3/h4-5H,6H2,1-3H3,(H,14,19). The van der Waals surface area contributed by atoms with Gasteiger partial charge < -0.3 is 14.8 Å². The molecule has 2 rings (SSSR count). The number of rotatable bonds is 5. The molecule has 0 atom stereocenters. The molecule has 0 spiro atoms. The van der Waals surface area contributed by atoms with Crippen molar-refractivity contribution in [1.29, 1.82) is 0 Å². The molecular weight excluding hydrogens is 298 g/mol. The van der Waals surface area contributed by atoms with E-state index in [-0.39, 0.29) is 12.3 Å². The molecule has 1 N–H and O–H groups in total. The first-order valence-corrected chi connectivity index (χ1v) is 6.35. The number of hydrogen-bond acceptors (Lipinski definition) is 6. The molecule has 2 aromatic rings. The number of carbonyl (C=O) groups is 1. The van der Waals surface area contributed by atoms with Crippen LogP contribution in [0.5, 0.6) is 11.5 Å². The molecule has 9 heteroatoms. The highest BCUT2D eigenvalue weighted by Gasteiger charge is 2.14. The van der Waals surface area contributed by atoms with Crippen LogP contribution in [-0.2, 0) is 18.3 Å². The highest BCUT2D eigenvalue weighted by molar-refractivity contribution is 6.32. The maximum atomic E-state index is 12.0. The number of anilines is 1. The fourth-order valence-corrected chi connectivity index (χ4v) is 1.92. The lowest BCUT2D eigenvalue weighted by atomic mass is 10.2. The van der Waals surface area contributed by atoms with Crippen molar-refractivity contribution in [2.45, 2.75) is 6.42 Å². The lowest BCUT2D eigenvalue weighted by Crippen LogP contribution is -2.17. The summed E-state index contributed by atoms with van der Waals surface area (Å²) in [5.74, 6) is 1.04. The van der Waals surface area contributed by atoms with E-state index >= 15 is 0 Å². The first-order chi connectivity index (χ1) is 10.0. The molecule has 0 aliphatic heterocycles. The number of tetrazole rings is 1. The van der Waals surface area contributed by atoms with Crippen LogP contribution in [-0.4, -0.2) is 40.3 Å². The van der Waals surface area contributed by atoms with E-state index in [2.05, 4.69) is 20.8 Å². The van der Waals surface area contributed by atoms with E-state index in [1.165, 1.54) is 18.9 Å². The quantitative estimate of drug-likeness (QED) is 0.888. The number of carbonyl (C=O) groups excluding carboxylic acids is 1. The lowest BCUT2D eigenvalue weighted by Gasteiger charge is -2.12. The minimum absolute atomic E-state index is 0.0393. The molecule has 0 aliphatic rings. The number of halogens is 1. The van der Waals surface area contributed by atoms with Crippen molar-refractivity contribution < 1.29 is 14.3 Å². The molecule has 0 saturated carbocycles. The van der Waals surface area contributed by atoms with Gasteiger partial charge in [-0.2, -0.15) is 0 Å². The summed E-state index contributed by atoms with van der Waals surface area (Å²) in [7, 11) is 4.64. The van der Waals surface area contributed by atoms with Crippen LogP contribution in [0, 0.1) is 0 Å². The predicted molar refractivity (Wildman–Crippen MR) is 75.7 cm³/mol. The van der Waals surface area contributed by atoms with Gasteiger partial charge in [-0.3, -0.25) is 4.79 Å². The van der Waals surface area contributed by atoms with Gasteiger partial charge in [-0.15, -0.1) is 5.10 Å². The maximum Gasteiger partial charge on any atom is 0.232 e. The number of aryl methyl sites for hydroxylation is 1. The van der Waals surface area contributed by atoms with Gasteiger partial charge in [0.2, 0.25) is 5.91 Å². The summed E-state index contributed by atoms with van der Waals surface area (Å²) < 4.78 is 11.7. The third kappa shape index (κ3) is 3.40. The zero-order valence-electron chi connectivity index (χ0n) is 11.8. The largest absolute Gasteiger partial charge is 0.495 e. The van der Waals surface area contributed by atoms with Crippen LogP contribution in [0.15, 0.2) is 12.1 Å². The predicted octanol–water partition coefficient (Wildman–Crippen LogP) is 1.06. The van der Waals surface area contributed by atoms with Crippen molar-refractivity contribution in [3.05, 3.63) is 23.0 Å². The Labute approximate surface area is 126 Å². The van der Waals surface area contributed by atoms with Crippen LogP contribution in [0.1, 0.15) is 5.82 Å². The monoisotopic (exact) mass is 311 g/mol. The summed E-state index contributed by atoms with van der Waals surface area (Å²) in [6.45, 7) is 0. The molecule has 0 unspecified atom stereocenters. The van der Waals surface area contributed by atoms with E-state index in [4.69, 9.17) is 21.1 Å². The summed E-state index contributed by atoms with van der Waals surface area (Å²) in [5, 5.41) is 14.0. The van der Waals surface area contributed by atoms with Gasteiger partial charge in [0, 0.05) is 19.2 Å². The average molecular weight is 312 g/mol. The van der Waals surface area contributed by atoms with Gasteiger partial charge in [0.05, 0.1) is 31.4 Å². The van der Waals surface area contributed by atoms with Crippen molar-refractivity contribution in [2.75, 3.05) is 19.5 Å². The van der Waals surface area contributed by atoms with Crippen molar-refractivity contribution in [1.82, 2.24) is 20.2 Å². The molecule has 0 aliphatic carbocycles. The Morgan fingerprint density at radius 1 is 1.33 bits per heavy atom. The Morgan fingerprint density at radius 2 is 2.05 bits per heavy atom. The smallest absolute Gasteiger partial charge is 0.232 e. The molecule has 0 fully saturated rings. The summed E-state index contributed by atoms with van der Waals surface area (Å²) in [4.78, 5) is 12.0.